The standard InChI is InChI=1S/C41H49N5O6/c1-3-4-5-6-7-8-9-10-11-12-13-14-15-16-17-18-19-20-21-39(49)52-37-28-26-34(30-35(37)31(2)47)46-45-33-24-22-32(23-25-33)40(50)44-41(51)36(42)27-29-38(43)48/h4-5,7-8,10-11,13-14,16-17,19-20,22-26,28,30,36H,3,6,9,12,15,18,21,27,29,42H2,1-2H3,(H2,43,48)(H,44,50,51)/b5-4-,8-7-,11-10-,14-13-,17-16-,20-19-,46-45?. The molecule has 0 saturated carbocycles. The van der Waals surface area contributed by atoms with E-state index in [1.807, 2.05) is 12.2 Å². The smallest absolute Gasteiger partial charge is 0.315 e. The molecule has 0 spiro atoms. The third-order valence-electron chi connectivity index (χ3n) is 7.13. The summed E-state index contributed by atoms with van der Waals surface area (Å²) in [6, 6.07) is 9.41. The Hall–Kier alpha value is -5.81. The Kier molecular flexibility index (Phi) is 20.5. The monoisotopic (exact) mass is 707 g/mol. The number of esters is 1. The third-order valence-corrected chi connectivity index (χ3v) is 7.13. The zero-order valence-corrected chi connectivity index (χ0v) is 29.9. The Morgan fingerprint density at radius 2 is 1.23 bits per heavy atom. The SMILES string of the molecule is CC/C=C\C/C=C\C/C=C\C/C=C\C/C=C\C/C=C\CC(=O)Oc1ccc(N=Nc2ccc(C(=O)NC(=O)C(N)CCC(N)=O)cc2)cc1C(C)=O. The van der Waals surface area contributed by atoms with E-state index in [2.05, 4.69) is 77.2 Å². The van der Waals surface area contributed by atoms with Gasteiger partial charge in [-0.25, -0.2) is 0 Å². The van der Waals surface area contributed by atoms with E-state index in [4.69, 9.17) is 16.2 Å². The molecule has 0 fully saturated rings. The fourth-order valence-electron chi connectivity index (χ4n) is 4.31. The molecular formula is C41H49N5O6. The van der Waals surface area contributed by atoms with Crippen LogP contribution in [-0.4, -0.2) is 35.5 Å². The number of benzene rings is 2. The molecule has 0 aliphatic carbocycles. The maximum Gasteiger partial charge on any atom is 0.315 e. The molecule has 52 heavy (non-hydrogen) atoms. The number of carbonyl (C=O) groups is 5. The number of Topliss-reactive ketones (excluding diaryl/α,β-unsaturated/α-hetero) is 1. The second-order valence-corrected chi connectivity index (χ2v) is 11.5. The number of ketones is 1. The van der Waals surface area contributed by atoms with Gasteiger partial charge >= 0.3 is 5.97 Å². The van der Waals surface area contributed by atoms with Crippen molar-refractivity contribution in [1.29, 1.82) is 0 Å². The number of ether oxygens (including phenoxy) is 1. The number of amides is 3. The number of hydrogen-bond acceptors (Lipinski definition) is 9. The van der Waals surface area contributed by atoms with Crippen LogP contribution in [-0.2, 0) is 14.4 Å². The summed E-state index contributed by atoms with van der Waals surface area (Å²) in [7, 11) is 0. The number of azo groups is 1. The molecule has 0 bridgehead atoms. The van der Waals surface area contributed by atoms with Crippen LogP contribution in [0, 0.1) is 0 Å². The molecule has 0 saturated heterocycles. The molecule has 3 amide bonds. The molecule has 11 nitrogen and oxygen atoms in total. The topological polar surface area (TPSA) is 183 Å². The van der Waals surface area contributed by atoms with Crippen molar-refractivity contribution >= 4 is 40.8 Å². The Labute approximate surface area is 306 Å². The first-order valence-electron chi connectivity index (χ1n) is 17.3. The van der Waals surface area contributed by atoms with E-state index in [1.165, 1.54) is 43.3 Å². The molecule has 0 aliphatic rings. The summed E-state index contributed by atoms with van der Waals surface area (Å²) in [5.74, 6) is -2.67. The van der Waals surface area contributed by atoms with Crippen molar-refractivity contribution in [3.05, 3.63) is 127 Å². The molecule has 0 aromatic heterocycles. The van der Waals surface area contributed by atoms with Gasteiger partial charge in [0.25, 0.3) is 5.91 Å². The first kappa shape index (κ1) is 42.4. The van der Waals surface area contributed by atoms with Gasteiger partial charge in [0.15, 0.2) is 5.78 Å². The number of imide groups is 1. The Morgan fingerprint density at radius 1 is 0.731 bits per heavy atom. The average molecular weight is 708 g/mol. The van der Waals surface area contributed by atoms with Gasteiger partial charge in [-0.05, 0) is 94.3 Å². The summed E-state index contributed by atoms with van der Waals surface area (Å²) in [5, 5.41) is 10.5. The highest BCUT2D eigenvalue weighted by atomic mass is 16.5. The molecule has 0 radical (unpaired) electrons. The molecule has 2 rings (SSSR count). The van der Waals surface area contributed by atoms with Gasteiger partial charge in [-0.3, -0.25) is 29.3 Å². The number of rotatable bonds is 22. The van der Waals surface area contributed by atoms with Crippen molar-refractivity contribution in [1.82, 2.24) is 5.32 Å². The lowest BCUT2D eigenvalue weighted by Gasteiger charge is -2.10. The van der Waals surface area contributed by atoms with Crippen molar-refractivity contribution in [2.75, 3.05) is 0 Å². The third kappa shape index (κ3) is 18.3. The van der Waals surface area contributed by atoms with Gasteiger partial charge in [0, 0.05) is 12.0 Å². The second kappa shape index (κ2) is 25.2. The molecule has 274 valence electrons. The number of nitrogens with one attached hydrogen (secondary N) is 1. The quantitative estimate of drug-likeness (QED) is 0.0362. The second-order valence-electron chi connectivity index (χ2n) is 11.5. The van der Waals surface area contributed by atoms with E-state index in [0.717, 1.165) is 32.1 Å². The molecule has 0 heterocycles. The van der Waals surface area contributed by atoms with Gasteiger partial charge in [-0.15, -0.1) is 0 Å². The van der Waals surface area contributed by atoms with E-state index in [1.54, 1.807) is 12.1 Å². The normalized spacial score (nSPS) is 12.7. The maximum absolute atomic E-state index is 12.4. The number of allylic oxidation sites excluding steroid dienone is 11. The van der Waals surface area contributed by atoms with Crippen LogP contribution in [0.25, 0.3) is 0 Å². The Bertz CT molecular complexity index is 1700. The van der Waals surface area contributed by atoms with Crippen LogP contribution < -0.4 is 21.5 Å². The number of hydrogen-bond donors (Lipinski definition) is 3. The first-order chi connectivity index (χ1) is 25.1. The van der Waals surface area contributed by atoms with Crippen LogP contribution in [0.3, 0.4) is 0 Å². The van der Waals surface area contributed by atoms with Crippen LogP contribution in [0.5, 0.6) is 5.75 Å². The average Bonchev–Trinajstić information content (AvgIpc) is 3.12. The predicted octanol–water partition coefficient (Wildman–Crippen LogP) is 8.15. The van der Waals surface area contributed by atoms with Crippen molar-refractivity contribution in [2.45, 2.75) is 77.7 Å². The van der Waals surface area contributed by atoms with Gasteiger partial charge < -0.3 is 16.2 Å². The van der Waals surface area contributed by atoms with Gasteiger partial charge in [-0.2, -0.15) is 10.2 Å². The van der Waals surface area contributed by atoms with Gasteiger partial charge in [-0.1, -0.05) is 79.8 Å². The highest BCUT2D eigenvalue weighted by Crippen LogP contribution is 2.27. The lowest BCUT2D eigenvalue weighted by molar-refractivity contribution is -0.133. The van der Waals surface area contributed by atoms with Crippen molar-refractivity contribution in [2.24, 2.45) is 21.7 Å². The number of nitrogens with two attached hydrogens (primary N) is 2. The van der Waals surface area contributed by atoms with Crippen molar-refractivity contribution in [3.63, 3.8) is 0 Å². The minimum absolute atomic E-state index is 0.0207. The summed E-state index contributed by atoms with van der Waals surface area (Å²) in [6.45, 7) is 3.49. The summed E-state index contributed by atoms with van der Waals surface area (Å²) < 4.78 is 5.45. The van der Waals surface area contributed by atoms with Gasteiger partial charge in [0.1, 0.15) is 5.75 Å². The Morgan fingerprint density at radius 3 is 1.75 bits per heavy atom. The molecule has 2 aromatic carbocycles. The summed E-state index contributed by atoms with van der Waals surface area (Å²) in [5.41, 5.74) is 11.9. The van der Waals surface area contributed by atoms with Crippen LogP contribution in [0.2, 0.25) is 0 Å². The molecular weight excluding hydrogens is 658 g/mol. The lowest BCUT2D eigenvalue weighted by atomic mass is 10.1. The van der Waals surface area contributed by atoms with Gasteiger partial charge in [0.05, 0.1) is 29.4 Å². The Balaban J connectivity index is 1.78. The van der Waals surface area contributed by atoms with E-state index >= 15 is 0 Å². The van der Waals surface area contributed by atoms with Crippen molar-refractivity contribution in [3.8, 4) is 5.75 Å². The largest absolute Gasteiger partial charge is 0.426 e. The zero-order chi connectivity index (χ0) is 38.0. The first-order valence-corrected chi connectivity index (χ1v) is 17.3. The van der Waals surface area contributed by atoms with Crippen LogP contribution in [0.15, 0.2) is 126 Å². The van der Waals surface area contributed by atoms with E-state index in [-0.39, 0.29) is 41.9 Å². The molecule has 11 heteroatoms. The number of carbonyl (C=O) groups excluding carboxylic acids is 5. The molecule has 5 N–H and O–H groups in total. The fourth-order valence-corrected chi connectivity index (χ4v) is 4.31. The van der Waals surface area contributed by atoms with Crippen LogP contribution in [0.1, 0.15) is 92.4 Å². The van der Waals surface area contributed by atoms with E-state index in [9.17, 15) is 24.0 Å². The minimum Gasteiger partial charge on any atom is -0.426 e. The van der Waals surface area contributed by atoms with E-state index in [0.29, 0.717) is 17.8 Å². The van der Waals surface area contributed by atoms with Gasteiger partial charge in [0.2, 0.25) is 11.8 Å². The van der Waals surface area contributed by atoms with Crippen molar-refractivity contribution < 1.29 is 28.7 Å². The molecule has 2 aromatic rings. The summed E-state index contributed by atoms with van der Waals surface area (Å²) in [4.78, 5) is 60.1. The summed E-state index contributed by atoms with van der Waals surface area (Å²) >= 11 is 0. The zero-order valence-electron chi connectivity index (χ0n) is 29.9. The highest BCUT2D eigenvalue weighted by Gasteiger charge is 2.18. The lowest BCUT2D eigenvalue weighted by Crippen LogP contribution is -2.43. The summed E-state index contributed by atoms with van der Waals surface area (Å²) in [6.07, 6.45) is 30.4. The fraction of sp³-hybridized carbons (Fsp3) is 0.293. The number of primary amides is 1. The van der Waals surface area contributed by atoms with Crippen LogP contribution >= 0.6 is 0 Å². The molecule has 1 atom stereocenters. The maximum atomic E-state index is 12.4. The predicted molar refractivity (Wildman–Crippen MR) is 204 cm³/mol. The molecule has 0 aliphatic heterocycles. The molecule has 1 unspecified atom stereocenters. The number of nitrogens with zero attached hydrogens (tertiary/aromatic N) is 2. The highest BCUT2D eigenvalue weighted by molar-refractivity contribution is 6.06. The van der Waals surface area contributed by atoms with E-state index < -0.39 is 29.7 Å². The van der Waals surface area contributed by atoms with Crippen LogP contribution in [0.4, 0.5) is 11.4 Å². The minimum atomic E-state index is -1.05.